The first kappa shape index (κ1) is 16.0. The summed E-state index contributed by atoms with van der Waals surface area (Å²) in [5, 5.41) is 11.4. The number of amides is 1. The molecule has 7 nitrogen and oxygen atoms in total. The lowest BCUT2D eigenvalue weighted by Crippen LogP contribution is -2.37. The zero-order chi connectivity index (χ0) is 17.4. The zero-order valence-electron chi connectivity index (χ0n) is 14.0. The van der Waals surface area contributed by atoms with Crippen LogP contribution in [-0.4, -0.2) is 31.7 Å². The Kier molecular flexibility index (Phi) is 4.12. The van der Waals surface area contributed by atoms with Crippen LogP contribution in [0.15, 0.2) is 24.8 Å². The molecule has 2 heterocycles. The molecule has 0 radical (unpaired) electrons. The van der Waals surface area contributed by atoms with E-state index in [1.807, 2.05) is 19.1 Å². The molecule has 1 fully saturated rings. The summed E-state index contributed by atoms with van der Waals surface area (Å²) in [4.78, 5) is 17.0. The maximum Gasteiger partial charge on any atom is 0.251 e. The number of anilines is 1. The van der Waals surface area contributed by atoms with E-state index in [0.717, 1.165) is 41.5 Å². The van der Waals surface area contributed by atoms with E-state index in [9.17, 15) is 4.79 Å². The van der Waals surface area contributed by atoms with Gasteiger partial charge >= 0.3 is 0 Å². The van der Waals surface area contributed by atoms with Crippen LogP contribution in [0.2, 0.25) is 0 Å². The minimum atomic E-state index is -0.0234. The highest BCUT2D eigenvalue weighted by Gasteiger charge is 2.24. The predicted molar refractivity (Wildman–Crippen MR) is 97.6 cm³/mol. The number of nitrogens with two attached hydrogens (primary N) is 1. The lowest BCUT2D eigenvalue weighted by atomic mass is 9.91. The van der Waals surface area contributed by atoms with E-state index in [1.165, 1.54) is 11.3 Å². The standard InChI is InChI=1S/C17H20N6OS/c1-10-6-11(7-14-15(10)22-17(18)25-14)16(24)21-12-2-4-13(5-3-12)23-8-19-20-9-23/h6-9,12-13H,2-5H2,1H3,(H2,18,22)(H,21,24). The number of hydrogen-bond acceptors (Lipinski definition) is 6. The first-order valence-electron chi connectivity index (χ1n) is 8.42. The van der Waals surface area contributed by atoms with Crippen molar-refractivity contribution in [2.24, 2.45) is 0 Å². The highest BCUT2D eigenvalue weighted by molar-refractivity contribution is 7.22. The third-order valence-corrected chi connectivity index (χ3v) is 5.69. The van der Waals surface area contributed by atoms with Crippen LogP contribution in [0.25, 0.3) is 10.2 Å². The maximum atomic E-state index is 12.6. The second-order valence-corrected chi connectivity index (χ2v) is 7.64. The number of carbonyl (C=O) groups excluding carboxylic acids is 1. The summed E-state index contributed by atoms with van der Waals surface area (Å²) in [6, 6.07) is 4.42. The topological polar surface area (TPSA) is 98.7 Å². The second kappa shape index (κ2) is 6.44. The number of rotatable bonds is 3. The molecule has 0 saturated heterocycles. The molecule has 25 heavy (non-hydrogen) atoms. The van der Waals surface area contributed by atoms with Gasteiger partial charge in [-0.25, -0.2) is 4.98 Å². The lowest BCUT2D eigenvalue weighted by molar-refractivity contribution is 0.0922. The molecule has 1 aliphatic rings. The van der Waals surface area contributed by atoms with Crippen molar-refractivity contribution in [1.29, 1.82) is 0 Å². The van der Waals surface area contributed by atoms with Gasteiger partial charge in [0.05, 0.1) is 10.2 Å². The average molecular weight is 356 g/mol. The molecule has 1 saturated carbocycles. The van der Waals surface area contributed by atoms with Gasteiger partial charge in [-0.15, -0.1) is 10.2 Å². The molecular formula is C17H20N6OS. The molecule has 0 bridgehead atoms. The SMILES string of the molecule is Cc1cc(C(=O)NC2CCC(n3cnnc3)CC2)cc2sc(N)nc12. The van der Waals surface area contributed by atoms with Crippen LogP contribution in [0, 0.1) is 6.92 Å². The van der Waals surface area contributed by atoms with Crippen LogP contribution >= 0.6 is 11.3 Å². The number of nitrogen functional groups attached to an aromatic ring is 1. The molecule has 3 N–H and O–H groups in total. The van der Waals surface area contributed by atoms with Crippen molar-refractivity contribution in [2.45, 2.75) is 44.7 Å². The fourth-order valence-corrected chi connectivity index (χ4v) is 4.38. The second-order valence-electron chi connectivity index (χ2n) is 6.58. The fourth-order valence-electron chi connectivity index (χ4n) is 3.53. The van der Waals surface area contributed by atoms with E-state index in [0.29, 0.717) is 16.7 Å². The van der Waals surface area contributed by atoms with Gasteiger partial charge < -0.3 is 15.6 Å². The minimum absolute atomic E-state index is 0.0234. The lowest BCUT2D eigenvalue weighted by Gasteiger charge is -2.29. The fraction of sp³-hybridized carbons (Fsp3) is 0.412. The number of hydrogen-bond donors (Lipinski definition) is 2. The van der Waals surface area contributed by atoms with Crippen molar-refractivity contribution < 1.29 is 4.79 Å². The molecule has 2 aromatic heterocycles. The molecule has 130 valence electrons. The summed E-state index contributed by atoms with van der Waals surface area (Å²) in [5.74, 6) is -0.0234. The molecule has 0 atom stereocenters. The number of aromatic nitrogens is 4. The van der Waals surface area contributed by atoms with Crippen LogP contribution in [0.5, 0.6) is 0 Å². The van der Waals surface area contributed by atoms with E-state index in [2.05, 4.69) is 25.1 Å². The molecule has 1 amide bonds. The zero-order valence-corrected chi connectivity index (χ0v) is 14.8. The van der Waals surface area contributed by atoms with Crippen molar-refractivity contribution in [3.05, 3.63) is 35.9 Å². The van der Waals surface area contributed by atoms with Crippen LogP contribution in [0.3, 0.4) is 0 Å². The van der Waals surface area contributed by atoms with Crippen LogP contribution in [0.4, 0.5) is 5.13 Å². The predicted octanol–water partition coefficient (Wildman–Crippen LogP) is 2.69. The van der Waals surface area contributed by atoms with Gasteiger partial charge in [-0.05, 0) is 50.3 Å². The highest BCUT2D eigenvalue weighted by atomic mass is 32.1. The van der Waals surface area contributed by atoms with Crippen LogP contribution in [-0.2, 0) is 0 Å². The van der Waals surface area contributed by atoms with Gasteiger partial charge in [0.1, 0.15) is 12.7 Å². The van der Waals surface area contributed by atoms with Crippen molar-refractivity contribution >= 4 is 32.6 Å². The molecule has 0 spiro atoms. The van der Waals surface area contributed by atoms with Gasteiger partial charge in [-0.3, -0.25) is 4.79 Å². The Morgan fingerprint density at radius 3 is 2.68 bits per heavy atom. The molecule has 8 heteroatoms. The Balaban J connectivity index is 1.42. The van der Waals surface area contributed by atoms with Crippen molar-refractivity contribution in [2.75, 3.05) is 5.73 Å². The Bertz CT molecular complexity index is 895. The van der Waals surface area contributed by atoms with Crippen LogP contribution < -0.4 is 11.1 Å². The smallest absolute Gasteiger partial charge is 0.251 e. The van der Waals surface area contributed by atoms with E-state index in [4.69, 9.17) is 5.73 Å². The molecule has 1 aromatic carbocycles. The van der Waals surface area contributed by atoms with Crippen molar-refractivity contribution in [1.82, 2.24) is 25.1 Å². The first-order chi connectivity index (χ1) is 12.1. The Morgan fingerprint density at radius 2 is 1.96 bits per heavy atom. The third-order valence-electron chi connectivity index (χ3n) is 4.85. The summed E-state index contributed by atoms with van der Waals surface area (Å²) in [5.41, 5.74) is 8.32. The largest absolute Gasteiger partial charge is 0.375 e. The highest BCUT2D eigenvalue weighted by Crippen LogP contribution is 2.29. The van der Waals surface area contributed by atoms with E-state index < -0.39 is 0 Å². The number of benzene rings is 1. The van der Waals surface area contributed by atoms with Gasteiger partial charge in [0.2, 0.25) is 0 Å². The molecular weight excluding hydrogens is 336 g/mol. The third kappa shape index (κ3) is 3.21. The number of aryl methyl sites for hydroxylation is 1. The monoisotopic (exact) mass is 356 g/mol. The number of fused-ring (bicyclic) bond motifs is 1. The van der Waals surface area contributed by atoms with E-state index in [1.54, 1.807) is 12.7 Å². The number of nitrogens with one attached hydrogen (secondary N) is 1. The summed E-state index contributed by atoms with van der Waals surface area (Å²) in [7, 11) is 0. The number of thiazole rings is 1. The molecule has 0 aliphatic heterocycles. The Labute approximate surface area is 149 Å². The average Bonchev–Trinajstić information content (AvgIpc) is 3.24. The summed E-state index contributed by atoms with van der Waals surface area (Å²) in [6.45, 7) is 1.96. The van der Waals surface area contributed by atoms with Gasteiger partial charge in [-0.2, -0.15) is 0 Å². The Hall–Kier alpha value is -2.48. The molecule has 4 rings (SSSR count). The van der Waals surface area contributed by atoms with Crippen LogP contribution in [0.1, 0.15) is 47.6 Å². The molecule has 1 aliphatic carbocycles. The quantitative estimate of drug-likeness (QED) is 0.752. The summed E-state index contributed by atoms with van der Waals surface area (Å²) >= 11 is 1.41. The van der Waals surface area contributed by atoms with Gasteiger partial charge in [0, 0.05) is 17.6 Å². The summed E-state index contributed by atoms with van der Waals surface area (Å²) in [6.07, 6.45) is 7.50. The maximum absolute atomic E-state index is 12.6. The normalized spacial score (nSPS) is 20.7. The molecule has 0 unspecified atom stereocenters. The minimum Gasteiger partial charge on any atom is -0.375 e. The van der Waals surface area contributed by atoms with E-state index in [-0.39, 0.29) is 11.9 Å². The number of nitrogens with zero attached hydrogens (tertiary/aromatic N) is 4. The van der Waals surface area contributed by atoms with E-state index >= 15 is 0 Å². The molecule has 3 aromatic rings. The van der Waals surface area contributed by atoms with Gasteiger partial charge in [0.25, 0.3) is 5.91 Å². The van der Waals surface area contributed by atoms with Gasteiger partial charge in [-0.1, -0.05) is 11.3 Å². The van der Waals surface area contributed by atoms with Crippen molar-refractivity contribution in [3.8, 4) is 0 Å². The Morgan fingerprint density at radius 1 is 1.24 bits per heavy atom. The summed E-state index contributed by atoms with van der Waals surface area (Å²) < 4.78 is 3.02. The number of carbonyl (C=O) groups is 1. The first-order valence-corrected chi connectivity index (χ1v) is 9.23. The van der Waals surface area contributed by atoms with Crippen molar-refractivity contribution in [3.63, 3.8) is 0 Å². The van der Waals surface area contributed by atoms with Gasteiger partial charge in [0.15, 0.2) is 5.13 Å².